The molecule has 1 aliphatic heterocycles. The molecule has 0 radical (unpaired) electrons. The maximum Gasteiger partial charge on any atom is 0.162 e. The van der Waals surface area contributed by atoms with Crippen LogP contribution in [0.2, 0.25) is 0 Å². The Labute approximate surface area is 282 Å². The highest BCUT2D eigenvalue weighted by Gasteiger charge is 2.26. The van der Waals surface area contributed by atoms with Gasteiger partial charge in [0.25, 0.3) is 0 Å². The second-order valence-electron chi connectivity index (χ2n) is 11.8. The van der Waals surface area contributed by atoms with Crippen LogP contribution in [0.5, 0.6) is 28.7 Å². The molecule has 0 aliphatic carbocycles. The molecule has 0 N–H and O–H groups in total. The number of ether oxygens (including phenoxy) is 5. The third kappa shape index (κ3) is 7.99. The van der Waals surface area contributed by atoms with Gasteiger partial charge in [-0.05, 0) is 52.8 Å². The van der Waals surface area contributed by atoms with Crippen LogP contribution in [0, 0.1) is 0 Å². The summed E-state index contributed by atoms with van der Waals surface area (Å²) in [4.78, 5) is 0. The van der Waals surface area contributed by atoms with E-state index in [4.69, 9.17) is 23.7 Å². The first-order valence-electron chi connectivity index (χ1n) is 16.4. The van der Waals surface area contributed by atoms with Crippen molar-refractivity contribution >= 4 is 0 Å². The van der Waals surface area contributed by atoms with E-state index in [1.165, 1.54) is 0 Å². The third-order valence-corrected chi connectivity index (χ3v) is 8.37. The molecule has 0 fully saturated rings. The van der Waals surface area contributed by atoms with Crippen molar-refractivity contribution in [1.29, 1.82) is 0 Å². The minimum absolute atomic E-state index is 0.175. The lowest BCUT2D eigenvalue weighted by molar-refractivity contribution is 0.170. The minimum Gasteiger partial charge on any atom is -0.489 e. The first-order valence-corrected chi connectivity index (χ1v) is 16.4. The van der Waals surface area contributed by atoms with E-state index < -0.39 is 0 Å². The zero-order chi connectivity index (χ0) is 32.4. The van der Waals surface area contributed by atoms with Gasteiger partial charge < -0.3 is 23.7 Å². The Morgan fingerprint density at radius 2 is 0.938 bits per heavy atom. The molecule has 1 atom stereocenters. The Balaban J connectivity index is 1.14. The summed E-state index contributed by atoms with van der Waals surface area (Å²) in [7, 11) is 0. The lowest BCUT2D eigenvalue weighted by Gasteiger charge is -2.29. The van der Waals surface area contributed by atoms with E-state index in [1.54, 1.807) is 0 Å². The SMILES string of the molecule is c1ccc(COc2cc(OCc3ccccc3)c3c(c2)O[C@H](c2ccc(OCc4ccccc4)c(OCc4ccccc4)c2)CC3)cc1. The van der Waals surface area contributed by atoms with Crippen LogP contribution in [-0.4, -0.2) is 0 Å². The van der Waals surface area contributed by atoms with Crippen LogP contribution in [0.3, 0.4) is 0 Å². The summed E-state index contributed by atoms with van der Waals surface area (Å²) in [6.07, 6.45) is 1.42. The lowest BCUT2D eigenvalue weighted by Crippen LogP contribution is -2.16. The van der Waals surface area contributed by atoms with Gasteiger partial charge in [-0.3, -0.25) is 0 Å². The maximum atomic E-state index is 6.73. The fourth-order valence-electron chi connectivity index (χ4n) is 5.79. The molecule has 5 heteroatoms. The Bertz CT molecular complexity index is 1890. The monoisotopic (exact) mass is 634 g/mol. The number of rotatable bonds is 13. The lowest BCUT2D eigenvalue weighted by atomic mass is 9.96. The van der Waals surface area contributed by atoms with Crippen molar-refractivity contribution in [3.63, 3.8) is 0 Å². The summed E-state index contributed by atoms with van der Waals surface area (Å²) >= 11 is 0. The zero-order valence-corrected chi connectivity index (χ0v) is 26.8. The van der Waals surface area contributed by atoms with E-state index in [0.29, 0.717) is 43.7 Å². The van der Waals surface area contributed by atoms with Gasteiger partial charge in [0, 0.05) is 17.7 Å². The number of benzene rings is 6. The van der Waals surface area contributed by atoms with Crippen molar-refractivity contribution in [1.82, 2.24) is 0 Å². The molecule has 6 aromatic rings. The molecule has 0 aromatic heterocycles. The van der Waals surface area contributed by atoms with E-state index >= 15 is 0 Å². The average molecular weight is 635 g/mol. The Morgan fingerprint density at radius 1 is 0.458 bits per heavy atom. The van der Waals surface area contributed by atoms with Crippen LogP contribution in [0.4, 0.5) is 0 Å². The molecule has 6 aromatic carbocycles. The molecule has 0 unspecified atom stereocenters. The highest BCUT2D eigenvalue weighted by Crippen LogP contribution is 2.44. The molecular formula is C43H38O5. The van der Waals surface area contributed by atoms with Gasteiger partial charge in [0.2, 0.25) is 0 Å². The highest BCUT2D eigenvalue weighted by atomic mass is 16.5. The van der Waals surface area contributed by atoms with Gasteiger partial charge in [-0.15, -0.1) is 0 Å². The Morgan fingerprint density at radius 3 is 1.48 bits per heavy atom. The molecule has 0 saturated heterocycles. The van der Waals surface area contributed by atoms with Crippen LogP contribution in [0.25, 0.3) is 0 Å². The van der Waals surface area contributed by atoms with E-state index in [-0.39, 0.29) is 6.10 Å². The molecule has 240 valence electrons. The molecule has 0 spiro atoms. The van der Waals surface area contributed by atoms with Crippen molar-refractivity contribution in [2.24, 2.45) is 0 Å². The molecule has 0 saturated carbocycles. The quantitative estimate of drug-likeness (QED) is 0.127. The predicted molar refractivity (Wildman–Crippen MR) is 188 cm³/mol. The highest BCUT2D eigenvalue weighted by molar-refractivity contribution is 5.53. The Kier molecular flexibility index (Phi) is 9.85. The smallest absolute Gasteiger partial charge is 0.162 e. The largest absolute Gasteiger partial charge is 0.489 e. The minimum atomic E-state index is -0.175. The molecule has 7 rings (SSSR count). The Hall–Kier alpha value is -5.68. The molecule has 1 heterocycles. The van der Waals surface area contributed by atoms with Crippen LogP contribution in [-0.2, 0) is 32.8 Å². The van der Waals surface area contributed by atoms with E-state index in [0.717, 1.165) is 57.7 Å². The van der Waals surface area contributed by atoms with Gasteiger partial charge in [0.1, 0.15) is 49.8 Å². The normalized spacial score (nSPS) is 13.5. The molecule has 48 heavy (non-hydrogen) atoms. The summed E-state index contributed by atoms with van der Waals surface area (Å²) in [6, 6.07) is 50.8. The van der Waals surface area contributed by atoms with Crippen molar-refractivity contribution < 1.29 is 23.7 Å². The van der Waals surface area contributed by atoms with Gasteiger partial charge in [-0.25, -0.2) is 0 Å². The van der Waals surface area contributed by atoms with Crippen molar-refractivity contribution in [3.05, 3.63) is 185 Å². The second-order valence-corrected chi connectivity index (χ2v) is 11.8. The third-order valence-electron chi connectivity index (χ3n) is 8.37. The molecule has 0 bridgehead atoms. The van der Waals surface area contributed by atoms with Crippen LogP contribution < -0.4 is 23.7 Å². The molecule has 1 aliphatic rings. The molecule has 0 amide bonds. The number of hydrogen-bond acceptors (Lipinski definition) is 5. The van der Waals surface area contributed by atoms with Gasteiger partial charge in [-0.2, -0.15) is 0 Å². The average Bonchev–Trinajstić information content (AvgIpc) is 3.16. The first-order chi connectivity index (χ1) is 23.8. The van der Waals surface area contributed by atoms with Crippen molar-refractivity contribution in [3.8, 4) is 28.7 Å². The van der Waals surface area contributed by atoms with Gasteiger partial charge in [0.05, 0.1) is 0 Å². The predicted octanol–water partition coefficient (Wildman–Crippen LogP) is 10.1. The summed E-state index contributed by atoms with van der Waals surface area (Å²) in [5.74, 6) is 3.65. The summed E-state index contributed by atoms with van der Waals surface area (Å²) in [6.45, 7) is 1.80. The van der Waals surface area contributed by atoms with Gasteiger partial charge in [-0.1, -0.05) is 127 Å². The van der Waals surface area contributed by atoms with Gasteiger partial charge in [0.15, 0.2) is 11.5 Å². The summed E-state index contributed by atoms with van der Waals surface area (Å²) < 4.78 is 32.0. The van der Waals surface area contributed by atoms with Gasteiger partial charge >= 0.3 is 0 Å². The van der Waals surface area contributed by atoms with Crippen LogP contribution >= 0.6 is 0 Å². The van der Waals surface area contributed by atoms with E-state index in [1.807, 2.05) is 91.0 Å². The fourth-order valence-corrected chi connectivity index (χ4v) is 5.79. The van der Waals surface area contributed by atoms with Crippen molar-refractivity contribution in [2.45, 2.75) is 45.4 Å². The van der Waals surface area contributed by atoms with Crippen molar-refractivity contribution in [2.75, 3.05) is 0 Å². The summed E-state index contributed by atoms with van der Waals surface area (Å²) in [5.41, 5.74) is 6.47. The number of fused-ring (bicyclic) bond motifs is 1. The second kappa shape index (κ2) is 15.3. The zero-order valence-electron chi connectivity index (χ0n) is 26.8. The van der Waals surface area contributed by atoms with E-state index in [9.17, 15) is 0 Å². The molecular weight excluding hydrogens is 596 g/mol. The fraction of sp³-hybridized carbons (Fsp3) is 0.163. The van der Waals surface area contributed by atoms with Crippen LogP contribution in [0.15, 0.2) is 152 Å². The summed E-state index contributed by atoms with van der Waals surface area (Å²) in [5, 5.41) is 0. The number of hydrogen-bond donors (Lipinski definition) is 0. The molecule has 5 nitrogen and oxygen atoms in total. The maximum absolute atomic E-state index is 6.73. The standard InChI is InChI=1S/C43H38O5/c1-5-13-32(14-6-1)28-44-37-26-41(46-30-34-17-9-3-10-18-34)38-22-24-39(48-42(38)27-37)36-21-23-40(45-29-33-15-7-2-8-16-33)43(25-36)47-31-35-19-11-4-12-20-35/h1-21,23,25-27,39H,22,24,28-31H2/t39-/m0/s1. The first kappa shape index (κ1) is 30.9. The van der Waals surface area contributed by atoms with Crippen LogP contribution in [0.1, 0.15) is 45.9 Å². The van der Waals surface area contributed by atoms with E-state index in [2.05, 4.69) is 60.7 Å². The topological polar surface area (TPSA) is 46.2 Å².